The summed E-state index contributed by atoms with van der Waals surface area (Å²) in [5.41, 5.74) is 1.77. The standard InChI is InChI=1S/C18H15N3O4S/c1-10-6-16(26-21-10)19-17(22)18(4-5-18)15-8-13(25-20-15)11-2-3-12-14(7-11)24-9-23-12/h2-3,6-8H,4-5,9H2,1H3,(H,19,22). The molecular weight excluding hydrogens is 354 g/mol. The number of carbonyl (C=O) groups is 1. The Morgan fingerprint density at radius 3 is 2.81 bits per heavy atom. The second-order valence-corrected chi connectivity index (χ2v) is 7.32. The summed E-state index contributed by atoms with van der Waals surface area (Å²) >= 11 is 1.28. The molecule has 1 aromatic carbocycles. The average Bonchev–Trinajstić information content (AvgIpc) is 3.01. The number of hydrogen-bond donors (Lipinski definition) is 1. The van der Waals surface area contributed by atoms with Crippen molar-refractivity contribution in [1.29, 1.82) is 0 Å². The molecule has 1 N–H and O–H groups in total. The zero-order chi connectivity index (χ0) is 17.7. The molecule has 0 spiro atoms. The molecule has 1 aliphatic carbocycles. The number of carbonyl (C=O) groups excluding carboxylic acids is 1. The van der Waals surface area contributed by atoms with Gasteiger partial charge in [0, 0.05) is 11.6 Å². The highest BCUT2D eigenvalue weighted by atomic mass is 32.1. The topological polar surface area (TPSA) is 86.5 Å². The van der Waals surface area contributed by atoms with Crippen LogP contribution in [0.2, 0.25) is 0 Å². The number of aryl methyl sites for hydroxylation is 1. The van der Waals surface area contributed by atoms with Crippen molar-refractivity contribution in [2.24, 2.45) is 0 Å². The highest BCUT2D eigenvalue weighted by Crippen LogP contribution is 2.49. The SMILES string of the molecule is Cc1cc(NC(=O)C2(c3cc(-c4ccc5c(c4)OCO5)on3)CC2)sn1. The van der Waals surface area contributed by atoms with E-state index in [1.165, 1.54) is 11.5 Å². The van der Waals surface area contributed by atoms with Crippen molar-refractivity contribution in [1.82, 2.24) is 9.53 Å². The number of rotatable bonds is 4. The molecule has 3 heterocycles. The second kappa shape index (κ2) is 5.57. The van der Waals surface area contributed by atoms with Gasteiger partial charge in [0.2, 0.25) is 12.7 Å². The van der Waals surface area contributed by atoms with Crippen LogP contribution < -0.4 is 14.8 Å². The maximum atomic E-state index is 12.8. The van der Waals surface area contributed by atoms with E-state index in [2.05, 4.69) is 14.8 Å². The van der Waals surface area contributed by atoms with Crippen molar-refractivity contribution in [3.63, 3.8) is 0 Å². The molecule has 3 aromatic rings. The van der Waals surface area contributed by atoms with Crippen LogP contribution in [0.3, 0.4) is 0 Å². The fourth-order valence-corrected chi connectivity index (χ4v) is 3.72. The molecule has 0 saturated heterocycles. The van der Waals surface area contributed by atoms with Gasteiger partial charge in [-0.25, -0.2) is 0 Å². The normalized spacial score (nSPS) is 16.5. The summed E-state index contributed by atoms with van der Waals surface area (Å²) in [5, 5.41) is 7.86. The quantitative estimate of drug-likeness (QED) is 0.757. The van der Waals surface area contributed by atoms with Gasteiger partial charge < -0.3 is 19.3 Å². The zero-order valence-electron chi connectivity index (χ0n) is 13.9. The fraction of sp³-hybridized carbons (Fsp3) is 0.278. The van der Waals surface area contributed by atoms with Crippen molar-refractivity contribution in [3.05, 3.63) is 41.7 Å². The molecule has 1 fully saturated rings. The third kappa shape index (κ3) is 2.45. The summed E-state index contributed by atoms with van der Waals surface area (Å²) in [6.45, 7) is 2.12. The predicted octanol–water partition coefficient (Wildman–Crippen LogP) is 3.51. The number of aromatic nitrogens is 2. The van der Waals surface area contributed by atoms with Crippen LogP contribution in [-0.2, 0) is 10.2 Å². The van der Waals surface area contributed by atoms with E-state index in [1.54, 1.807) is 0 Å². The predicted molar refractivity (Wildman–Crippen MR) is 94.5 cm³/mol. The van der Waals surface area contributed by atoms with Crippen LogP contribution in [0.1, 0.15) is 24.2 Å². The van der Waals surface area contributed by atoms with Crippen molar-refractivity contribution in [2.45, 2.75) is 25.2 Å². The largest absolute Gasteiger partial charge is 0.454 e. The van der Waals surface area contributed by atoms with Gasteiger partial charge in [-0.3, -0.25) is 4.79 Å². The molecule has 1 aliphatic heterocycles. The number of fused-ring (bicyclic) bond motifs is 1. The Balaban J connectivity index is 1.40. The van der Waals surface area contributed by atoms with Gasteiger partial charge in [-0.2, -0.15) is 4.37 Å². The van der Waals surface area contributed by atoms with Gasteiger partial charge in [0.25, 0.3) is 0 Å². The summed E-state index contributed by atoms with van der Waals surface area (Å²) < 4.78 is 20.4. The Bertz CT molecular complexity index is 1010. The molecular formula is C18H15N3O4S. The molecule has 8 heteroatoms. The van der Waals surface area contributed by atoms with E-state index < -0.39 is 5.41 Å². The molecule has 7 nitrogen and oxygen atoms in total. The highest BCUT2D eigenvalue weighted by Gasteiger charge is 2.54. The van der Waals surface area contributed by atoms with Crippen molar-refractivity contribution in [2.75, 3.05) is 12.1 Å². The van der Waals surface area contributed by atoms with Crippen molar-refractivity contribution >= 4 is 22.4 Å². The van der Waals surface area contributed by atoms with Gasteiger partial charge in [-0.15, -0.1) is 0 Å². The average molecular weight is 369 g/mol. The van der Waals surface area contributed by atoms with Crippen LogP contribution in [0.4, 0.5) is 5.00 Å². The molecule has 26 heavy (non-hydrogen) atoms. The lowest BCUT2D eigenvalue weighted by Crippen LogP contribution is -2.27. The summed E-state index contributed by atoms with van der Waals surface area (Å²) in [6.07, 6.45) is 1.51. The monoisotopic (exact) mass is 369 g/mol. The Labute approximate surface area is 153 Å². The van der Waals surface area contributed by atoms with E-state index in [0.29, 0.717) is 23.0 Å². The van der Waals surface area contributed by atoms with E-state index in [1.807, 2.05) is 37.3 Å². The second-order valence-electron chi connectivity index (χ2n) is 6.51. The molecule has 2 aromatic heterocycles. The van der Waals surface area contributed by atoms with E-state index >= 15 is 0 Å². The maximum Gasteiger partial charge on any atom is 0.237 e. The number of amides is 1. The summed E-state index contributed by atoms with van der Waals surface area (Å²) in [4.78, 5) is 12.8. The van der Waals surface area contributed by atoms with E-state index in [4.69, 9.17) is 14.0 Å². The van der Waals surface area contributed by atoms with Gasteiger partial charge in [0.15, 0.2) is 17.3 Å². The first-order chi connectivity index (χ1) is 12.6. The van der Waals surface area contributed by atoms with Crippen molar-refractivity contribution in [3.8, 4) is 22.8 Å². The number of nitrogens with one attached hydrogen (secondary N) is 1. The summed E-state index contributed by atoms with van der Waals surface area (Å²) in [7, 11) is 0. The number of nitrogens with zero attached hydrogens (tertiary/aromatic N) is 2. The van der Waals surface area contributed by atoms with E-state index in [-0.39, 0.29) is 12.7 Å². The smallest absolute Gasteiger partial charge is 0.237 e. The van der Waals surface area contributed by atoms with E-state index in [0.717, 1.165) is 29.1 Å². The first kappa shape index (κ1) is 15.4. The van der Waals surface area contributed by atoms with Gasteiger partial charge in [-0.05, 0) is 55.6 Å². The number of ether oxygens (including phenoxy) is 2. The molecule has 1 saturated carbocycles. The lowest BCUT2D eigenvalue weighted by atomic mass is 10.0. The number of benzene rings is 1. The number of anilines is 1. The van der Waals surface area contributed by atoms with Crippen LogP contribution in [-0.4, -0.2) is 22.2 Å². The third-order valence-corrected chi connectivity index (χ3v) is 5.50. The lowest BCUT2D eigenvalue weighted by Gasteiger charge is -2.10. The fourth-order valence-electron chi connectivity index (χ4n) is 3.07. The van der Waals surface area contributed by atoms with Crippen LogP contribution in [0, 0.1) is 6.92 Å². The molecule has 132 valence electrons. The molecule has 0 radical (unpaired) electrons. The number of hydrogen-bond acceptors (Lipinski definition) is 7. The molecule has 0 unspecified atom stereocenters. The van der Waals surface area contributed by atoms with Crippen LogP contribution in [0.5, 0.6) is 11.5 Å². The first-order valence-corrected chi connectivity index (χ1v) is 9.03. The van der Waals surface area contributed by atoms with Crippen LogP contribution >= 0.6 is 11.5 Å². The van der Waals surface area contributed by atoms with Crippen LogP contribution in [0.15, 0.2) is 34.9 Å². The van der Waals surface area contributed by atoms with Gasteiger partial charge in [0.05, 0.1) is 16.8 Å². The van der Waals surface area contributed by atoms with Crippen molar-refractivity contribution < 1.29 is 18.8 Å². The molecule has 1 amide bonds. The van der Waals surface area contributed by atoms with Gasteiger partial charge in [0.1, 0.15) is 5.00 Å². The Hall–Kier alpha value is -2.87. The molecule has 0 atom stereocenters. The minimum atomic E-state index is -0.615. The zero-order valence-corrected chi connectivity index (χ0v) is 14.8. The third-order valence-electron chi connectivity index (χ3n) is 4.71. The lowest BCUT2D eigenvalue weighted by molar-refractivity contribution is -0.118. The molecule has 2 aliphatic rings. The Kier molecular flexibility index (Phi) is 3.30. The Morgan fingerprint density at radius 1 is 1.19 bits per heavy atom. The summed E-state index contributed by atoms with van der Waals surface area (Å²) in [6, 6.07) is 9.27. The maximum absolute atomic E-state index is 12.8. The first-order valence-electron chi connectivity index (χ1n) is 8.26. The van der Waals surface area contributed by atoms with Gasteiger partial charge >= 0.3 is 0 Å². The Morgan fingerprint density at radius 2 is 2.04 bits per heavy atom. The minimum Gasteiger partial charge on any atom is -0.454 e. The van der Waals surface area contributed by atoms with E-state index in [9.17, 15) is 4.79 Å². The van der Waals surface area contributed by atoms with Gasteiger partial charge in [-0.1, -0.05) is 5.16 Å². The minimum absolute atomic E-state index is 0.0633. The highest BCUT2D eigenvalue weighted by molar-refractivity contribution is 7.10. The van der Waals surface area contributed by atoms with Crippen LogP contribution in [0.25, 0.3) is 11.3 Å². The molecule has 0 bridgehead atoms. The summed E-state index contributed by atoms with van der Waals surface area (Å²) in [5.74, 6) is 1.93. The molecule has 5 rings (SSSR count).